The SMILES string of the molecule is [B]OC(=O)C1C(=C)C(=C)S[C@@H]2[C@H](NC(=O)Cc3cccs3)C(=O)N12. The van der Waals surface area contributed by atoms with Crippen LogP contribution in [0.1, 0.15) is 4.88 Å². The average Bonchev–Trinajstić information content (AvgIpc) is 3.07. The number of β-lactam (4-membered cyclic amide) rings is 1. The summed E-state index contributed by atoms with van der Waals surface area (Å²) in [5.41, 5.74) is 0.378. The molecule has 2 radical (unpaired) electrons. The Hall–Kier alpha value is -2.00. The molecule has 0 bridgehead atoms. The van der Waals surface area contributed by atoms with Gasteiger partial charge in [0.1, 0.15) is 11.4 Å². The second kappa shape index (κ2) is 6.48. The van der Waals surface area contributed by atoms with Crippen molar-refractivity contribution in [1.29, 1.82) is 0 Å². The van der Waals surface area contributed by atoms with Crippen molar-refractivity contribution in [3.05, 3.63) is 46.0 Å². The topological polar surface area (TPSA) is 75.7 Å². The summed E-state index contributed by atoms with van der Waals surface area (Å²) in [7, 11) is 4.95. The molecule has 0 aromatic carbocycles. The third-order valence-corrected chi connectivity index (χ3v) is 6.04. The Bertz CT molecular complexity index is 734. The van der Waals surface area contributed by atoms with E-state index in [4.69, 9.17) is 8.05 Å². The number of hydrogen-bond donors (Lipinski definition) is 1. The summed E-state index contributed by atoms with van der Waals surface area (Å²) in [5.74, 6) is -1.39. The van der Waals surface area contributed by atoms with Gasteiger partial charge >= 0.3 is 14.0 Å². The first kappa shape index (κ1) is 16.8. The highest BCUT2D eigenvalue weighted by Crippen LogP contribution is 2.45. The Labute approximate surface area is 148 Å². The third kappa shape index (κ3) is 2.78. The number of thioether (sulfide) groups is 1. The van der Waals surface area contributed by atoms with Gasteiger partial charge in [0.25, 0.3) is 0 Å². The molecule has 1 unspecified atom stereocenters. The fourth-order valence-corrected chi connectivity index (χ4v) is 4.59. The van der Waals surface area contributed by atoms with Gasteiger partial charge in [-0.3, -0.25) is 14.4 Å². The van der Waals surface area contributed by atoms with Crippen molar-refractivity contribution in [1.82, 2.24) is 10.2 Å². The Balaban J connectivity index is 1.71. The summed E-state index contributed by atoms with van der Waals surface area (Å²) < 4.78 is 4.27. The molecule has 1 N–H and O–H groups in total. The maximum Gasteiger partial charge on any atom is 0.378 e. The standard InChI is InChI=1S/C15H13BN2O4S2/c1-7-8(2)24-14-11(13(20)18(14)12(7)15(21)22-16)17-10(19)6-9-4-3-5-23-9/h3-5,11-12,14H,1-2,6H2,(H,17,19)/t11-,12?,14-/m1/s1. The van der Waals surface area contributed by atoms with Gasteiger partial charge in [0.05, 0.1) is 6.42 Å². The van der Waals surface area contributed by atoms with Gasteiger partial charge in [-0.2, -0.15) is 0 Å². The van der Waals surface area contributed by atoms with Gasteiger partial charge in [0.15, 0.2) is 6.04 Å². The van der Waals surface area contributed by atoms with E-state index in [1.807, 2.05) is 17.5 Å². The quantitative estimate of drug-likeness (QED) is 0.634. The third-order valence-electron chi connectivity index (χ3n) is 3.88. The van der Waals surface area contributed by atoms with E-state index in [-0.39, 0.29) is 18.2 Å². The van der Waals surface area contributed by atoms with Gasteiger partial charge in [0.2, 0.25) is 11.8 Å². The highest BCUT2D eigenvalue weighted by molar-refractivity contribution is 8.04. The van der Waals surface area contributed by atoms with E-state index in [0.717, 1.165) is 4.88 Å². The molecule has 2 saturated heterocycles. The highest BCUT2D eigenvalue weighted by Gasteiger charge is 2.57. The number of nitrogens with one attached hydrogen (secondary N) is 1. The molecule has 3 rings (SSSR count). The van der Waals surface area contributed by atoms with Crippen molar-refractivity contribution in [3.8, 4) is 0 Å². The molecule has 3 heterocycles. The number of nitrogens with zero attached hydrogens (tertiary/aromatic N) is 1. The van der Waals surface area contributed by atoms with Gasteiger partial charge in [-0.25, -0.2) is 0 Å². The zero-order valence-electron chi connectivity index (χ0n) is 12.6. The fourth-order valence-electron chi connectivity index (χ4n) is 2.68. The molecule has 0 spiro atoms. The second-order valence-corrected chi connectivity index (χ2v) is 7.59. The van der Waals surface area contributed by atoms with Crippen molar-refractivity contribution >= 4 is 48.9 Å². The first-order valence-corrected chi connectivity index (χ1v) is 8.79. The monoisotopic (exact) mass is 360 g/mol. The minimum Gasteiger partial charge on any atom is -0.542 e. The molecule has 2 fully saturated rings. The lowest BCUT2D eigenvalue weighted by atomic mass is 9.97. The zero-order valence-corrected chi connectivity index (χ0v) is 14.2. The Morgan fingerprint density at radius 1 is 1.42 bits per heavy atom. The molecule has 0 saturated carbocycles. The Morgan fingerprint density at radius 3 is 2.79 bits per heavy atom. The van der Waals surface area contributed by atoms with Crippen molar-refractivity contribution in [2.75, 3.05) is 0 Å². The number of amides is 2. The van der Waals surface area contributed by atoms with E-state index in [0.29, 0.717) is 10.5 Å². The molecule has 2 aliphatic rings. The predicted octanol–water partition coefficient (Wildman–Crippen LogP) is 0.756. The van der Waals surface area contributed by atoms with E-state index in [9.17, 15) is 14.4 Å². The number of rotatable bonds is 4. The maximum atomic E-state index is 12.4. The number of hydrogen-bond acceptors (Lipinski definition) is 6. The van der Waals surface area contributed by atoms with Crippen LogP contribution in [-0.4, -0.2) is 48.2 Å². The van der Waals surface area contributed by atoms with Crippen LogP contribution in [0.25, 0.3) is 0 Å². The lowest BCUT2D eigenvalue weighted by Crippen LogP contribution is -2.74. The predicted molar refractivity (Wildman–Crippen MR) is 92.1 cm³/mol. The number of fused-ring (bicyclic) bond motifs is 1. The minimum absolute atomic E-state index is 0.209. The summed E-state index contributed by atoms with van der Waals surface area (Å²) >= 11 is 2.76. The van der Waals surface area contributed by atoms with E-state index >= 15 is 0 Å². The molecule has 6 nitrogen and oxygen atoms in total. The molecule has 0 aliphatic carbocycles. The van der Waals surface area contributed by atoms with Crippen LogP contribution in [0.15, 0.2) is 41.1 Å². The number of carbonyl (C=O) groups excluding carboxylic acids is 3. The first-order valence-electron chi connectivity index (χ1n) is 7.03. The first-order chi connectivity index (χ1) is 11.4. The molecule has 2 amide bonds. The normalized spacial score (nSPS) is 25.8. The molecular formula is C15H13BN2O4S2. The number of carbonyl (C=O) groups is 3. The smallest absolute Gasteiger partial charge is 0.378 e. The van der Waals surface area contributed by atoms with Crippen LogP contribution in [-0.2, 0) is 25.5 Å². The van der Waals surface area contributed by atoms with Crippen LogP contribution in [0.5, 0.6) is 0 Å². The molecule has 9 heteroatoms. The molecule has 122 valence electrons. The Kier molecular flexibility index (Phi) is 4.55. The Morgan fingerprint density at radius 2 is 2.17 bits per heavy atom. The van der Waals surface area contributed by atoms with Gasteiger partial charge in [0, 0.05) is 9.78 Å². The summed E-state index contributed by atoms with van der Waals surface area (Å²) in [4.78, 5) is 39.2. The molecule has 3 atom stereocenters. The van der Waals surface area contributed by atoms with Crippen molar-refractivity contribution in [3.63, 3.8) is 0 Å². The highest BCUT2D eigenvalue weighted by atomic mass is 32.2. The van der Waals surface area contributed by atoms with Crippen molar-refractivity contribution < 1.29 is 19.0 Å². The second-order valence-electron chi connectivity index (χ2n) is 5.34. The van der Waals surface area contributed by atoms with Gasteiger partial charge in [-0.05, 0) is 17.0 Å². The number of thiophene rings is 1. The van der Waals surface area contributed by atoms with E-state index in [2.05, 4.69) is 23.1 Å². The summed E-state index contributed by atoms with van der Waals surface area (Å²) in [6.07, 6.45) is 0.209. The van der Waals surface area contributed by atoms with Gasteiger partial charge in [-0.15, -0.1) is 11.3 Å². The lowest BCUT2D eigenvalue weighted by Gasteiger charge is -2.53. The molecule has 24 heavy (non-hydrogen) atoms. The van der Waals surface area contributed by atoms with Crippen LogP contribution in [0.3, 0.4) is 0 Å². The van der Waals surface area contributed by atoms with Crippen molar-refractivity contribution in [2.24, 2.45) is 0 Å². The molecule has 1 aromatic rings. The van der Waals surface area contributed by atoms with Crippen molar-refractivity contribution in [2.45, 2.75) is 23.9 Å². The van der Waals surface area contributed by atoms with Gasteiger partial charge in [-0.1, -0.05) is 31.0 Å². The molecule has 1 aromatic heterocycles. The lowest BCUT2D eigenvalue weighted by molar-refractivity contribution is -0.158. The van der Waals surface area contributed by atoms with Crippen LogP contribution >= 0.6 is 23.1 Å². The summed E-state index contributed by atoms with van der Waals surface area (Å²) in [6.45, 7) is 7.62. The fraction of sp³-hybridized carbons (Fsp3) is 0.267. The zero-order chi connectivity index (χ0) is 17.4. The largest absolute Gasteiger partial charge is 0.542 e. The summed E-state index contributed by atoms with van der Waals surface area (Å²) in [6, 6.07) is 2.01. The van der Waals surface area contributed by atoms with Crippen LogP contribution in [0.4, 0.5) is 0 Å². The van der Waals surface area contributed by atoms with E-state index in [1.54, 1.807) is 0 Å². The van der Waals surface area contributed by atoms with Crippen LogP contribution < -0.4 is 5.32 Å². The van der Waals surface area contributed by atoms with Crippen LogP contribution in [0, 0.1) is 0 Å². The molecule has 2 aliphatic heterocycles. The minimum atomic E-state index is -0.994. The molecular weight excluding hydrogens is 347 g/mol. The maximum absolute atomic E-state index is 12.4. The van der Waals surface area contributed by atoms with E-state index in [1.165, 1.54) is 28.0 Å². The summed E-state index contributed by atoms with van der Waals surface area (Å²) in [5, 5.41) is 4.18. The van der Waals surface area contributed by atoms with Crippen LogP contribution in [0.2, 0.25) is 0 Å². The van der Waals surface area contributed by atoms with E-state index < -0.39 is 23.4 Å². The van der Waals surface area contributed by atoms with Gasteiger partial charge < -0.3 is 14.9 Å². The average molecular weight is 360 g/mol.